The van der Waals surface area contributed by atoms with Crippen molar-refractivity contribution in [3.05, 3.63) is 89.0 Å². The summed E-state index contributed by atoms with van der Waals surface area (Å²) in [7, 11) is -4.04. The van der Waals surface area contributed by atoms with Gasteiger partial charge in [0.05, 0.1) is 29.5 Å². The Morgan fingerprint density at radius 2 is 1.56 bits per heavy atom. The smallest absolute Gasteiger partial charge is 0.265 e. The molecule has 0 aromatic heterocycles. The van der Waals surface area contributed by atoms with E-state index in [0.29, 0.717) is 22.5 Å². The maximum atomic E-state index is 14.0. The van der Waals surface area contributed by atoms with Gasteiger partial charge in [-0.05, 0) is 49.6 Å². The average Bonchev–Trinajstić information content (AvgIpc) is 2.73. The largest absolute Gasteiger partial charge is 0.374 e. The number of hydrogen-bond acceptors (Lipinski definition) is 4. The van der Waals surface area contributed by atoms with E-state index in [-0.39, 0.29) is 18.1 Å². The Balaban J connectivity index is 1.75. The monoisotopic (exact) mass is 450 g/mol. The molecule has 0 spiro atoms. The van der Waals surface area contributed by atoms with Gasteiger partial charge in [-0.1, -0.05) is 60.2 Å². The first kappa shape index (κ1) is 22.0. The summed E-state index contributed by atoms with van der Waals surface area (Å²) in [6.07, 6.45) is 0. The number of nitrogens with zero attached hydrogens (tertiary/aromatic N) is 1. The zero-order chi connectivity index (χ0) is 22.9. The first-order valence-corrected chi connectivity index (χ1v) is 11.9. The maximum absolute atomic E-state index is 14.0. The third-order valence-corrected chi connectivity index (χ3v) is 7.62. The van der Waals surface area contributed by atoms with Crippen molar-refractivity contribution >= 4 is 27.3 Å². The topological polar surface area (TPSA) is 75.7 Å². The van der Waals surface area contributed by atoms with Gasteiger partial charge in [-0.3, -0.25) is 4.79 Å². The molecule has 32 heavy (non-hydrogen) atoms. The van der Waals surface area contributed by atoms with Crippen LogP contribution in [0.4, 0.5) is 11.4 Å². The van der Waals surface area contributed by atoms with E-state index in [1.54, 1.807) is 38.1 Å². The lowest BCUT2D eigenvalue weighted by atomic mass is 10.1. The summed E-state index contributed by atoms with van der Waals surface area (Å²) in [6, 6.07) is 19.1. The number of para-hydroxylation sites is 2. The minimum absolute atomic E-state index is 0.0712. The average molecular weight is 451 g/mol. The van der Waals surface area contributed by atoms with Crippen LogP contribution in [-0.4, -0.2) is 27.0 Å². The summed E-state index contributed by atoms with van der Waals surface area (Å²) in [5.74, 6) is -0.414. The molecule has 1 atom stereocenters. The molecule has 166 valence electrons. The lowest BCUT2D eigenvalue weighted by Crippen LogP contribution is -2.53. The van der Waals surface area contributed by atoms with Crippen LogP contribution in [0, 0.1) is 20.8 Å². The zero-order valence-corrected chi connectivity index (χ0v) is 19.1. The number of benzene rings is 3. The summed E-state index contributed by atoms with van der Waals surface area (Å²) in [6.45, 7) is 5.70. The SMILES string of the molecule is Cc1cc(C)c(S(=O)(=O)N2c3ccccc3NC(=O)[C@H]2COCc2ccccc2)c(C)c1. The molecule has 4 rings (SSSR count). The standard InChI is InChI=1S/C25H26N2O4S/c1-17-13-18(2)24(19(3)14-17)32(29,30)27-22-12-8-7-11-21(22)26-25(28)23(27)16-31-15-20-9-5-4-6-10-20/h4-14,23H,15-16H2,1-3H3,(H,26,28)/t23-/m1/s1. The number of sulfonamides is 1. The molecule has 0 aliphatic carbocycles. The van der Waals surface area contributed by atoms with Gasteiger partial charge in [-0.25, -0.2) is 12.7 Å². The van der Waals surface area contributed by atoms with Crippen LogP contribution in [0.3, 0.4) is 0 Å². The highest BCUT2D eigenvalue weighted by atomic mass is 32.2. The molecule has 1 amide bonds. The summed E-state index contributed by atoms with van der Waals surface area (Å²) >= 11 is 0. The summed E-state index contributed by atoms with van der Waals surface area (Å²) in [5.41, 5.74) is 4.12. The number of anilines is 2. The predicted molar refractivity (Wildman–Crippen MR) is 125 cm³/mol. The highest BCUT2D eigenvalue weighted by Crippen LogP contribution is 2.38. The quantitative estimate of drug-likeness (QED) is 0.606. The molecule has 0 saturated carbocycles. The minimum atomic E-state index is -4.04. The molecule has 1 heterocycles. The second kappa shape index (κ2) is 8.76. The van der Waals surface area contributed by atoms with Gasteiger partial charge >= 0.3 is 0 Å². The van der Waals surface area contributed by atoms with Crippen LogP contribution < -0.4 is 9.62 Å². The molecular weight excluding hydrogens is 424 g/mol. The summed E-state index contributed by atoms with van der Waals surface area (Å²) in [5, 5.41) is 2.83. The van der Waals surface area contributed by atoms with Crippen molar-refractivity contribution in [2.45, 2.75) is 38.3 Å². The first-order valence-electron chi connectivity index (χ1n) is 10.4. The molecule has 3 aromatic rings. The van der Waals surface area contributed by atoms with Crippen LogP contribution >= 0.6 is 0 Å². The Hall–Kier alpha value is -3.16. The third-order valence-electron chi connectivity index (χ3n) is 5.49. The minimum Gasteiger partial charge on any atom is -0.374 e. The van der Waals surface area contributed by atoms with Gasteiger partial charge in [-0.2, -0.15) is 0 Å². The van der Waals surface area contributed by atoms with Gasteiger partial charge in [0.2, 0.25) is 0 Å². The molecule has 7 heteroatoms. The van der Waals surface area contributed by atoms with Crippen LogP contribution in [0.2, 0.25) is 0 Å². The Morgan fingerprint density at radius 3 is 2.25 bits per heavy atom. The Labute approximate surface area is 188 Å². The van der Waals surface area contributed by atoms with Gasteiger partial charge in [0, 0.05) is 0 Å². The molecule has 6 nitrogen and oxygen atoms in total. The van der Waals surface area contributed by atoms with E-state index in [1.165, 1.54) is 4.31 Å². The van der Waals surface area contributed by atoms with E-state index < -0.39 is 22.0 Å². The Kier molecular flexibility index (Phi) is 6.04. The number of hydrogen-bond donors (Lipinski definition) is 1. The molecule has 1 N–H and O–H groups in total. The van der Waals surface area contributed by atoms with Crippen molar-refractivity contribution in [2.24, 2.45) is 0 Å². The molecule has 3 aromatic carbocycles. The van der Waals surface area contributed by atoms with Gasteiger partial charge in [0.15, 0.2) is 0 Å². The molecule has 0 bridgehead atoms. The van der Waals surface area contributed by atoms with Crippen molar-refractivity contribution in [2.75, 3.05) is 16.2 Å². The van der Waals surface area contributed by atoms with Crippen molar-refractivity contribution < 1.29 is 17.9 Å². The van der Waals surface area contributed by atoms with Gasteiger partial charge in [-0.15, -0.1) is 0 Å². The number of nitrogens with one attached hydrogen (secondary N) is 1. The van der Waals surface area contributed by atoms with Crippen LogP contribution in [0.1, 0.15) is 22.3 Å². The fraction of sp³-hybridized carbons (Fsp3) is 0.240. The predicted octanol–water partition coefficient (Wildman–Crippen LogP) is 4.34. The lowest BCUT2D eigenvalue weighted by Gasteiger charge is -2.37. The summed E-state index contributed by atoms with van der Waals surface area (Å²) in [4.78, 5) is 13.2. The van der Waals surface area contributed by atoms with E-state index in [1.807, 2.05) is 49.4 Å². The normalized spacial score (nSPS) is 15.9. The Morgan fingerprint density at radius 1 is 0.938 bits per heavy atom. The number of amides is 1. The van der Waals surface area contributed by atoms with Gasteiger partial charge in [0.1, 0.15) is 6.04 Å². The van der Waals surface area contributed by atoms with Crippen LogP contribution in [0.5, 0.6) is 0 Å². The second-order valence-electron chi connectivity index (χ2n) is 8.05. The van der Waals surface area contributed by atoms with E-state index in [9.17, 15) is 13.2 Å². The molecular formula is C25H26N2O4S. The van der Waals surface area contributed by atoms with Crippen LogP contribution in [0.25, 0.3) is 0 Å². The van der Waals surface area contributed by atoms with Crippen molar-refractivity contribution in [3.63, 3.8) is 0 Å². The van der Waals surface area contributed by atoms with Crippen LogP contribution in [0.15, 0.2) is 71.6 Å². The van der Waals surface area contributed by atoms with Gasteiger partial charge < -0.3 is 10.1 Å². The molecule has 1 aliphatic rings. The van der Waals surface area contributed by atoms with E-state index in [4.69, 9.17) is 4.74 Å². The summed E-state index contributed by atoms with van der Waals surface area (Å²) < 4.78 is 35.0. The van der Waals surface area contributed by atoms with Crippen molar-refractivity contribution in [3.8, 4) is 0 Å². The van der Waals surface area contributed by atoms with Crippen molar-refractivity contribution in [1.29, 1.82) is 0 Å². The zero-order valence-electron chi connectivity index (χ0n) is 18.3. The number of aryl methyl sites for hydroxylation is 3. The highest BCUT2D eigenvalue weighted by Gasteiger charge is 2.42. The molecule has 0 unspecified atom stereocenters. The number of carbonyl (C=O) groups excluding carboxylic acids is 1. The Bertz CT molecular complexity index is 1230. The highest BCUT2D eigenvalue weighted by molar-refractivity contribution is 7.93. The number of ether oxygens (including phenoxy) is 1. The lowest BCUT2D eigenvalue weighted by molar-refractivity contribution is -0.118. The molecule has 0 fully saturated rings. The molecule has 1 aliphatic heterocycles. The first-order chi connectivity index (χ1) is 15.3. The maximum Gasteiger partial charge on any atom is 0.265 e. The number of rotatable bonds is 6. The fourth-order valence-corrected chi connectivity index (χ4v) is 6.28. The van der Waals surface area contributed by atoms with E-state index in [0.717, 1.165) is 11.1 Å². The molecule has 0 saturated heterocycles. The fourth-order valence-electron chi connectivity index (χ4n) is 4.24. The van der Waals surface area contributed by atoms with Crippen LogP contribution in [-0.2, 0) is 26.2 Å². The second-order valence-corrected chi connectivity index (χ2v) is 9.80. The third kappa shape index (κ3) is 4.13. The molecule has 0 radical (unpaired) electrons. The van der Waals surface area contributed by atoms with Gasteiger partial charge in [0.25, 0.3) is 15.9 Å². The number of fused-ring (bicyclic) bond motifs is 1. The van der Waals surface area contributed by atoms with E-state index >= 15 is 0 Å². The van der Waals surface area contributed by atoms with Crippen molar-refractivity contribution in [1.82, 2.24) is 0 Å². The van der Waals surface area contributed by atoms with E-state index in [2.05, 4.69) is 5.32 Å². The number of carbonyl (C=O) groups is 1.